The molecule has 122 valence electrons. The van der Waals surface area contributed by atoms with E-state index in [0.29, 0.717) is 5.92 Å². The van der Waals surface area contributed by atoms with Crippen LogP contribution in [0.15, 0.2) is 61.2 Å². The minimum absolute atomic E-state index is 0.261. The Labute approximate surface area is 144 Å². The number of hydrogen-bond acceptors (Lipinski definition) is 2. The Morgan fingerprint density at radius 3 is 2.12 bits per heavy atom. The van der Waals surface area contributed by atoms with Crippen molar-refractivity contribution in [3.63, 3.8) is 0 Å². The van der Waals surface area contributed by atoms with Crippen molar-refractivity contribution >= 4 is 0 Å². The summed E-state index contributed by atoms with van der Waals surface area (Å²) in [5, 5.41) is 0. The molecule has 0 amide bonds. The zero-order valence-electron chi connectivity index (χ0n) is 13.8. The van der Waals surface area contributed by atoms with Crippen LogP contribution >= 0.6 is 0 Å². The van der Waals surface area contributed by atoms with Crippen molar-refractivity contribution in [3.05, 3.63) is 72.3 Å². The van der Waals surface area contributed by atoms with Gasteiger partial charge in [-0.15, -0.1) is 13.0 Å². The Kier molecular flexibility index (Phi) is 5.48. The van der Waals surface area contributed by atoms with Crippen LogP contribution in [0.3, 0.4) is 0 Å². The molecule has 2 nitrogen and oxygen atoms in total. The third kappa shape index (κ3) is 3.94. The quantitative estimate of drug-likeness (QED) is 0.573. The van der Waals surface area contributed by atoms with E-state index in [1.807, 2.05) is 30.3 Å². The van der Waals surface area contributed by atoms with Crippen molar-refractivity contribution in [1.82, 2.24) is 0 Å². The molecule has 3 rings (SSSR count). The van der Waals surface area contributed by atoms with Gasteiger partial charge in [-0.25, -0.2) is 0 Å². The summed E-state index contributed by atoms with van der Waals surface area (Å²) in [7, 11) is 0. The molecule has 0 aromatic heterocycles. The van der Waals surface area contributed by atoms with Crippen molar-refractivity contribution in [1.29, 1.82) is 0 Å². The molecule has 1 aliphatic rings. The number of terminal acetylenes is 1. The van der Waals surface area contributed by atoms with E-state index < -0.39 is 0 Å². The largest absolute Gasteiger partial charge is 0.348 e. The SMILES string of the molecule is C#Cc1ccc(-c2ccc([C@H]3OC[C@H](CCC=C)CO3)cc2)cc1. The van der Waals surface area contributed by atoms with Gasteiger partial charge in [-0.1, -0.05) is 48.4 Å². The first-order chi connectivity index (χ1) is 11.8. The lowest BCUT2D eigenvalue weighted by molar-refractivity contribution is -0.205. The molecule has 0 aliphatic carbocycles. The van der Waals surface area contributed by atoms with Gasteiger partial charge in [-0.3, -0.25) is 0 Å². The summed E-state index contributed by atoms with van der Waals surface area (Å²) in [5.74, 6) is 3.10. The van der Waals surface area contributed by atoms with Gasteiger partial charge in [0, 0.05) is 17.0 Å². The van der Waals surface area contributed by atoms with Gasteiger partial charge in [-0.2, -0.15) is 0 Å². The van der Waals surface area contributed by atoms with E-state index in [9.17, 15) is 0 Å². The summed E-state index contributed by atoms with van der Waals surface area (Å²) in [6.07, 6.45) is 9.16. The Bertz CT molecular complexity index is 699. The van der Waals surface area contributed by atoms with Crippen LogP contribution < -0.4 is 0 Å². The molecule has 1 aliphatic heterocycles. The fourth-order valence-electron chi connectivity index (χ4n) is 2.85. The van der Waals surface area contributed by atoms with E-state index in [-0.39, 0.29) is 6.29 Å². The maximum atomic E-state index is 5.87. The van der Waals surface area contributed by atoms with Crippen LogP contribution in [0.4, 0.5) is 0 Å². The molecule has 0 saturated carbocycles. The number of hydrogen-bond donors (Lipinski definition) is 0. The molecule has 0 unspecified atom stereocenters. The monoisotopic (exact) mass is 318 g/mol. The standard InChI is InChI=1S/C22H22O2/c1-3-5-6-18-15-23-22(24-16-18)21-13-11-20(12-14-21)19-9-7-17(4-2)8-10-19/h2-3,7-14,18,22H,1,5-6,15-16H2/t18-,22-. The fraction of sp³-hybridized carbons (Fsp3) is 0.273. The lowest BCUT2D eigenvalue weighted by Gasteiger charge is -2.29. The molecule has 0 N–H and O–H groups in total. The number of ether oxygens (including phenoxy) is 2. The van der Waals surface area contributed by atoms with Crippen LogP contribution in [-0.4, -0.2) is 13.2 Å². The Balaban J connectivity index is 1.62. The van der Waals surface area contributed by atoms with Crippen LogP contribution in [-0.2, 0) is 9.47 Å². The predicted octanol–water partition coefficient (Wildman–Crippen LogP) is 4.96. The highest BCUT2D eigenvalue weighted by Gasteiger charge is 2.22. The molecule has 0 spiro atoms. The second-order valence-corrected chi connectivity index (χ2v) is 6.07. The first-order valence-electron chi connectivity index (χ1n) is 8.31. The van der Waals surface area contributed by atoms with Crippen molar-refractivity contribution in [2.75, 3.05) is 13.2 Å². The maximum Gasteiger partial charge on any atom is 0.183 e. The van der Waals surface area contributed by atoms with Crippen molar-refractivity contribution in [2.24, 2.45) is 5.92 Å². The van der Waals surface area contributed by atoms with Crippen LogP contribution in [0.5, 0.6) is 0 Å². The van der Waals surface area contributed by atoms with Crippen molar-refractivity contribution < 1.29 is 9.47 Å². The zero-order valence-corrected chi connectivity index (χ0v) is 13.8. The highest BCUT2D eigenvalue weighted by atomic mass is 16.7. The topological polar surface area (TPSA) is 18.5 Å². The summed E-state index contributed by atoms with van der Waals surface area (Å²) >= 11 is 0. The summed E-state index contributed by atoms with van der Waals surface area (Å²) in [5.41, 5.74) is 4.25. The zero-order chi connectivity index (χ0) is 16.8. The van der Waals surface area contributed by atoms with Crippen LogP contribution in [0.25, 0.3) is 11.1 Å². The number of benzene rings is 2. The Morgan fingerprint density at radius 1 is 1.00 bits per heavy atom. The van der Waals surface area contributed by atoms with Crippen LogP contribution in [0.1, 0.15) is 30.3 Å². The third-order valence-electron chi connectivity index (χ3n) is 4.31. The molecule has 24 heavy (non-hydrogen) atoms. The van der Waals surface area contributed by atoms with Crippen LogP contribution in [0, 0.1) is 18.3 Å². The van der Waals surface area contributed by atoms with E-state index in [1.54, 1.807) is 0 Å². The lowest BCUT2D eigenvalue weighted by Crippen LogP contribution is -2.26. The number of allylic oxidation sites excluding steroid dienone is 1. The van der Waals surface area contributed by atoms with E-state index in [2.05, 4.69) is 36.8 Å². The fourth-order valence-corrected chi connectivity index (χ4v) is 2.85. The van der Waals surface area contributed by atoms with E-state index >= 15 is 0 Å². The molecule has 1 heterocycles. The van der Waals surface area contributed by atoms with Crippen LogP contribution in [0.2, 0.25) is 0 Å². The van der Waals surface area contributed by atoms with Crippen molar-refractivity contribution in [2.45, 2.75) is 19.1 Å². The average molecular weight is 318 g/mol. The van der Waals surface area contributed by atoms with Gasteiger partial charge < -0.3 is 9.47 Å². The number of rotatable bonds is 5. The smallest absolute Gasteiger partial charge is 0.183 e. The molecule has 2 aromatic rings. The highest BCUT2D eigenvalue weighted by molar-refractivity contribution is 5.64. The normalized spacial score (nSPS) is 20.3. The van der Waals surface area contributed by atoms with Gasteiger partial charge in [-0.05, 0) is 36.1 Å². The molecule has 1 fully saturated rings. The highest BCUT2D eigenvalue weighted by Crippen LogP contribution is 2.29. The molecule has 1 saturated heterocycles. The third-order valence-corrected chi connectivity index (χ3v) is 4.31. The first-order valence-corrected chi connectivity index (χ1v) is 8.31. The van der Waals surface area contributed by atoms with E-state index in [1.165, 1.54) is 0 Å². The van der Waals surface area contributed by atoms with E-state index in [0.717, 1.165) is 48.3 Å². The summed E-state index contributed by atoms with van der Waals surface area (Å²) in [4.78, 5) is 0. The average Bonchev–Trinajstić information content (AvgIpc) is 2.67. The first kappa shape index (κ1) is 16.5. The molecular weight excluding hydrogens is 296 g/mol. The molecule has 0 radical (unpaired) electrons. The maximum absolute atomic E-state index is 5.87. The second-order valence-electron chi connectivity index (χ2n) is 6.07. The summed E-state index contributed by atoms with van der Waals surface area (Å²) in [6, 6.07) is 16.3. The van der Waals surface area contributed by atoms with Gasteiger partial charge in [0.15, 0.2) is 6.29 Å². The molecule has 2 aromatic carbocycles. The summed E-state index contributed by atoms with van der Waals surface area (Å²) < 4.78 is 11.7. The minimum atomic E-state index is -0.261. The van der Waals surface area contributed by atoms with Crippen molar-refractivity contribution in [3.8, 4) is 23.5 Å². The Hall–Kier alpha value is -2.34. The van der Waals surface area contributed by atoms with Gasteiger partial charge in [0.05, 0.1) is 13.2 Å². The predicted molar refractivity (Wildman–Crippen MR) is 97.4 cm³/mol. The van der Waals surface area contributed by atoms with Gasteiger partial charge in [0.1, 0.15) is 0 Å². The molecule has 0 bridgehead atoms. The molecule has 0 atom stereocenters. The van der Waals surface area contributed by atoms with E-state index in [4.69, 9.17) is 15.9 Å². The summed E-state index contributed by atoms with van der Waals surface area (Å²) in [6.45, 7) is 5.25. The molecular formula is C22H22O2. The molecule has 2 heteroatoms. The Morgan fingerprint density at radius 2 is 1.58 bits per heavy atom. The second kappa shape index (κ2) is 7.97. The van der Waals surface area contributed by atoms with Gasteiger partial charge >= 0.3 is 0 Å². The van der Waals surface area contributed by atoms with Gasteiger partial charge in [0.2, 0.25) is 0 Å². The minimum Gasteiger partial charge on any atom is -0.348 e. The van der Waals surface area contributed by atoms with Gasteiger partial charge in [0.25, 0.3) is 0 Å². The lowest BCUT2D eigenvalue weighted by atomic mass is 10.0.